The Hall–Kier alpha value is -1.62. The van der Waals surface area contributed by atoms with Crippen LogP contribution in [-0.4, -0.2) is 27.6 Å². The zero-order valence-corrected chi connectivity index (χ0v) is 13.5. The molecule has 2 aromatic rings. The normalized spacial score (nSPS) is 11.2. The van der Waals surface area contributed by atoms with Crippen molar-refractivity contribution in [1.82, 2.24) is 14.3 Å². The van der Waals surface area contributed by atoms with Crippen LogP contribution in [0, 0.1) is 13.8 Å². The molecule has 2 heterocycles. The van der Waals surface area contributed by atoms with E-state index < -0.39 is 0 Å². The monoisotopic (exact) mass is 291 g/mol. The number of hydrogen-bond acceptors (Lipinski definition) is 2. The van der Waals surface area contributed by atoms with Gasteiger partial charge in [0.15, 0.2) is 0 Å². The molecule has 0 saturated heterocycles. The second-order valence-corrected chi connectivity index (χ2v) is 5.51. The number of ether oxygens (including phenoxy) is 1. The van der Waals surface area contributed by atoms with Crippen molar-refractivity contribution in [2.45, 2.75) is 53.2 Å². The summed E-state index contributed by atoms with van der Waals surface area (Å²) in [6.45, 7) is 10.6. The summed E-state index contributed by atoms with van der Waals surface area (Å²) in [5.74, 6) is 0. The van der Waals surface area contributed by atoms with E-state index in [1.807, 2.05) is 11.6 Å². The van der Waals surface area contributed by atoms with E-state index >= 15 is 0 Å². The van der Waals surface area contributed by atoms with Crippen molar-refractivity contribution < 1.29 is 9.30 Å². The van der Waals surface area contributed by atoms with E-state index in [-0.39, 0.29) is 0 Å². The number of rotatable bonds is 9. The maximum Gasteiger partial charge on any atom is 0.243 e. The fraction of sp³-hybridized carbons (Fsp3) is 0.625. The minimum Gasteiger partial charge on any atom is -0.375 e. The second kappa shape index (κ2) is 7.98. The van der Waals surface area contributed by atoms with Gasteiger partial charge in [-0.15, -0.1) is 0 Å². The number of hydrogen-bond donors (Lipinski definition) is 0. The Labute approximate surface area is 127 Å². The lowest BCUT2D eigenvalue weighted by molar-refractivity contribution is -0.696. The van der Waals surface area contributed by atoms with Crippen LogP contribution >= 0.6 is 0 Å². The van der Waals surface area contributed by atoms with Gasteiger partial charge in [-0.2, -0.15) is 5.10 Å². The first-order valence-electron chi connectivity index (χ1n) is 7.82. The molecule has 0 unspecified atom stereocenters. The van der Waals surface area contributed by atoms with Crippen LogP contribution in [-0.2, 0) is 24.4 Å². The Morgan fingerprint density at radius 1 is 1.24 bits per heavy atom. The molecular formula is C16H27N4O+. The highest BCUT2D eigenvalue weighted by molar-refractivity contribution is 5.06. The van der Waals surface area contributed by atoms with Crippen molar-refractivity contribution in [1.29, 1.82) is 0 Å². The highest BCUT2D eigenvalue weighted by Gasteiger charge is 2.03. The van der Waals surface area contributed by atoms with Gasteiger partial charge in [-0.1, -0.05) is 13.3 Å². The molecule has 5 nitrogen and oxygen atoms in total. The van der Waals surface area contributed by atoms with Gasteiger partial charge in [0.05, 0.1) is 32.0 Å². The van der Waals surface area contributed by atoms with Crippen molar-refractivity contribution in [3.05, 3.63) is 36.2 Å². The van der Waals surface area contributed by atoms with Gasteiger partial charge in [0.1, 0.15) is 18.9 Å². The number of aromatic nitrogens is 4. The summed E-state index contributed by atoms with van der Waals surface area (Å²) < 4.78 is 12.1. The van der Waals surface area contributed by atoms with Crippen molar-refractivity contribution >= 4 is 0 Å². The number of imidazole rings is 1. The average molecular weight is 291 g/mol. The first-order valence-corrected chi connectivity index (χ1v) is 7.82. The Morgan fingerprint density at radius 3 is 2.76 bits per heavy atom. The molecule has 2 aromatic heterocycles. The Morgan fingerprint density at radius 2 is 2.05 bits per heavy atom. The molecule has 0 saturated carbocycles. The lowest BCUT2D eigenvalue weighted by Gasteiger charge is -2.05. The van der Waals surface area contributed by atoms with Crippen LogP contribution in [0.4, 0.5) is 0 Å². The van der Waals surface area contributed by atoms with E-state index in [2.05, 4.69) is 52.9 Å². The molecule has 5 heteroatoms. The molecule has 0 N–H and O–H groups in total. The zero-order valence-electron chi connectivity index (χ0n) is 13.5. The summed E-state index contributed by atoms with van der Waals surface area (Å²) >= 11 is 0. The molecule has 0 aromatic carbocycles. The van der Waals surface area contributed by atoms with Crippen LogP contribution in [0.3, 0.4) is 0 Å². The SMILES string of the molecule is CCCC[n+]1ccn(CCOCCn2nc(C)cc2C)c1. The second-order valence-electron chi connectivity index (χ2n) is 5.51. The van der Waals surface area contributed by atoms with Crippen molar-refractivity contribution in [2.24, 2.45) is 0 Å². The Balaban J connectivity index is 1.63. The minimum absolute atomic E-state index is 0.707. The van der Waals surface area contributed by atoms with Gasteiger partial charge in [0, 0.05) is 5.69 Å². The smallest absolute Gasteiger partial charge is 0.243 e. The topological polar surface area (TPSA) is 35.9 Å². The Kier molecular flexibility index (Phi) is 5.99. The van der Waals surface area contributed by atoms with E-state index in [4.69, 9.17) is 4.74 Å². The van der Waals surface area contributed by atoms with Crippen LogP contribution in [0.1, 0.15) is 31.2 Å². The summed E-state index contributed by atoms with van der Waals surface area (Å²) in [6, 6.07) is 2.09. The molecule has 0 aliphatic carbocycles. The molecule has 0 spiro atoms. The zero-order chi connectivity index (χ0) is 15.1. The van der Waals surface area contributed by atoms with Crippen molar-refractivity contribution in [3.8, 4) is 0 Å². The maximum absolute atomic E-state index is 5.71. The van der Waals surface area contributed by atoms with E-state index in [0.29, 0.717) is 6.61 Å². The van der Waals surface area contributed by atoms with Crippen LogP contribution in [0.5, 0.6) is 0 Å². The summed E-state index contributed by atoms with van der Waals surface area (Å²) in [5, 5.41) is 4.43. The highest BCUT2D eigenvalue weighted by atomic mass is 16.5. The molecular weight excluding hydrogens is 264 g/mol. The summed E-state index contributed by atoms with van der Waals surface area (Å²) in [6.07, 6.45) is 8.85. The van der Waals surface area contributed by atoms with Crippen LogP contribution < -0.4 is 4.57 Å². The van der Waals surface area contributed by atoms with Crippen LogP contribution in [0.15, 0.2) is 24.8 Å². The predicted molar refractivity (Wildman–Crippen MR) is 82.1 cm³/mol. The Bertz CT molecular complexity index is 544. The fourth-order valence-electron chi connectivity index (χ4n) is 2.37. The minimum atomic E-state index is 0.707. The van der Waals surface area contributed by atoms with Crippen LogP contribution in [0.2, 0.25) is 0 Å². The van der Waals surface area contributed by atoms with Gasteiger partial charge in [-0.05, 0) is 26.3 Å². The average Bonchev–Trinajstić information content (AvgIpc) is 3.03. The summed E-state index contributed by atoms with van der Waals surface area (Å²) in [4.78, 5) is 0. The number of nitrogens with zero attached hydrogens (tertiary/aromatic N) is 4. The van der Waals surface area contributed by atoms with Gasteiger partial charge in [0.25, 0.3) is 0 Å². The van der Waals surface area contributed by atoms with E-state index in [1.165, 1.54) is 18.5 Å². The first-order chi connectivity index (χ1) is 10.2. The molecule has 0 bridgehead atoms. The third-order valence-corrected chi connectivity index (χ3v) is 3.56. The fourth-order valence-corrected chi connectivity index (χ4v) is 2.37. The van der Waals surface area contributed by atoms with Crippen molar-refractivity contribution in [3.63, 3.8) is 0 Å². The van der Waals surface area contributed by atoms with Gasteiger partial charge in [-0.25, -0.2) is 9.13 Å². The van der Waals surface area contributed by atoms with Crippen LogP contribution in [0.25, 0.3) is 0 Å². The predicted octanol–water partition coefficient (Wildman–Crippen LogP) is 2.11. The number of aryl methyl sites for hydroxylation is 3. The largest absolute Gasteiger partial charge is 0.375 e. The lowest BCUT2D eigenvalue weighted by Crippen LogP contribution is -2.30. The quantitative estimate of drug-likeness (QED) is 0.524. The van der Waals surface area contributed by atoms with Crippen molar-refractivity contribution in [2.75, 3.05) is 13.2 Å². The first kappa shape index (κ1) is 15.8. The molecule has 0 atom stereocenters. The molecule has 116 valence electrons. The van der Waals surface area contributed by atoms with E-state index in [0.717, 1.165) is 31.9 Å². The number of unbranched alkanes of at least 4 members (excludes halogenated alkanes) is 1. The molecule has 21 heavy (non-hydrogen) atoms. The third kappa shape index (κ3) is 5.01. The molecule has 0 aliphatic heterocycles. The highest BCUT2D eigenvalue weighted by Crippen LogP contribution is 2.01. The van der Waals surface area contributed by atoms with E-state index in [1.54, 1.807) is 0 Å². The summed E-state index contributed by atoms with van der Waals surface area (Å²) in [7, 11) is 0. The molecule has 2 rings (SSSR count). The van der Waals surface area contributed by atoms with Gasteiger partial charge in [-0.3, -0.25) is 4.68 Å². The standard InChI is InChI=1S/C16H27N4O/c1-4-5-6-18-7-8-19(14-18)9-11-21-12-10-20-16(3)13-15(2)17-20/h7-8,13-14H,4-6,9-12H2,1-3H3/q+1. The molecule has 0 aliphatic rings. The lowest BCUT2D eigenvalue weighted by atomic mass is 10.3. The van der Waals surface area contributed by atoms with Gasteiger partial charge < -0.3 is 4.74 Å². The van der Waals surface area contributed by atoms with E-state index in [9.17, 15) is 0 Å². The molecule has 0 radical (unpaired) electrons. The maximum atomic E-state index is 5.71. The third-order valence-electron chi connectivity index (χ3n) is 3.56. The van der Waals surface area contributed by atoms with Gasteiger partial charge >= 0.3 is 0 Å². The summed E-state index contributed by atoms with van der Waals surface area (Å²) in [5.41, 5.74) is 2.26. The van der Waals surface area contributed by atoms with Gasteiger partial charge in [0.2, 0.25) is 6.33 Å². The molecule has 0 fully saturated rings. The molecule has 0 amide bonds.